The Morgan fingerprint density at radius 1 is 0.962 bits per heavy atom. The maximum atomic E-state index is 12.4. The second-order valence-corrected chi connectivity index (χ2v) is 5.99. The van der Waals surface area contributed by atoms with E-state index in [-0.39, 0.29) is 17.4 Å². The first kappa shape index (κ1) is 17.4. The van der Waals surface area contributed by atoms with Gasteiger partial charge in [0.25, 0.3) is 5.91 Å². The molecule has 0 bridgehead atoms. The van der Waals surface area contributed by atoms with Crippen LogP contribution < -0.4 is 16.2 Å². The Labute approximate surface area is 150 Å². The molecule has 2 amide bonds. The van der Waals surface area contributed by atoms with Crippen molar-refractivity contribution >= 4 is 34.1 Å². The van der Waals surface area contributed by atoms with Gasteiger partial charge in [-0.25, -0.2) is 0 Å². The fraction of sp³-hybridized carbons (Fsp3) is 0.150. The number of anilines is 2. The minimum absolute atomic E-state index is 0.161. The van der Waals surface area contributed by atoms with E-state index in [9.17, 15) is 14.4 Å². The predicted molar refractivity (Wildman–Crippen MR) is 103 cm³/mol. The molecule has 1 heterocycles. The normalized spacial score (nSPS) is 10.5. The number of rotatable bonds is 4. The molecule has 0 saturated carbocycles. The molecule has 0 aliphatic rings. The summed E-state index contributed by atoms with van der Waals surface area (Å²) in [4.78, 5) is 38.0. The van der Waals surface area contributed by atoms with Gasteiger partial charge in [-0.2, -0.15) is 0 Å². The van der Waals surface area contributed by atoms with Crippen molar-refractivity contribution in [1.29, 1.82) is 0 Å². The van der Waals surface area contributed by atoms with Gasteiger partial charge in [-0.1, -0.05) is 13.0 Å². The van der Waals surface area contributed by atoms with Crippen LogP contribution in [0.3, 0.4) is 0 Å². The smallest absolute Gasteiger partial charge is 0.255 e. The van der Waals surface area contributed by atoms with Crippen molar-refractivity contribution in [2.75, 3.05) is 10.6 Å². The van der Waals surface area contributed by atoms with Crippen LogP contribution in [0.25, 0.3) is 10.9 Å². The lowest BCUT2D eigenvalue weighted by Gasteiger charge is -2.09. The number of carbonyl (C=O) groups excluding carboxylic acids is 2. The highest BCUT2D eigenvalue weighted by Gasteiger charge is 2.08. The van der Waals surface area contributed by atoms with Gasteiger partial charge >= 0.3 is 0 Å². The topological polar surface area (TPSA) is 91.1 Å². The average molecular weight is 349 g/mol. The predicted octanol–water partition coefficient (Wildman–Crippen LogP) is 3.30. The molecule has 1 aromatic heterocycles. The number of pyridine rings is 1. The van der Waals surface area contributed by atoms with Gasteiger partial charge < -0.3 is 15.6 Å². The highest BCUT2D eigenvalue weighted by atomic mass is 16.2. The van der Waals surface area contributed by atoms with Gasteiger partial charge in [-0.3, -0.25) is 14.4 Å². The quantitative estimate of drug-likeness (QED) is 0.675. The van der Waals surface area contributed by atoms with Crippen LogP contribution in [0.5, 0.6) is 0 Å². The minimum atomic E-state index is -0.271. The molecule has 26 heavy (non-hydrogen) atoms. The molecular formula is C20H19N3O3. The number of aromatic amines is 1. The summed E-state index contributed by atoms with van der Waals surface area (Å²) in [5.41, 5.74) is 3.19. The first-order valence-electron chi connectivity index (χ1n) is 8.31. The van der Waals surface area contributed by atoms with Crippen LogP contribution in [-0.2, 0) is 11.2 Å². The van der Waals surface area contributed by atoms with E-state index in [1.807, 2.05) is 19.1 Å². The van der Waals surface area contributed by atoms with Crippen molar-refractivity contribution < 1.29 is 9.59 Å². The summed E-state index contributed by atoms with van der Waals surface area (Å²) in [6.45, 7) is 3.42. The molecule has 0 fully saturated rings. The Morgan fingerprint density at radius 3 is 2.31 bits per heavy atom. The van der Waals surface area contributed by atoms with Crippen LogP contribution in [-0.4, -0.2) is 16.8 Å². The van der Waals surface area contributed by atoms with E-state index in [2.05, 4.69) is 15.6 Å². The third-order valence-electron chi connectivity index (χ3n) is 4.03. The Kier molecular flexibility index (Phi) is 4.84. The molecule has 0 spiro atoms. The van der Waals surface area contributed by atoms with Crippen LogP contribution in [0.1, 0.15) is 29.8 Å². The number of nitrogens with one attached hydrogen (secondary N) is 3. The molecule has 0 aliphatic carbocycles. The second kappa shape index (κ2) is 7.23. The molecular weight excluding hydrogens is 330 g/mol. The zero-order chi connectivity index (χ0) is 18.7. The largest absolute Gasteiger partial charge is 0.326 e. The number of benzene rings is 2. The lowest BCUT2D eigenvalue weighted by Crippen LogP contribution is -2.13. The summed E-state index contributed by atoms with van der Waals surface area (Å²) >= 11 is 0. The van der Waals surface area contributed by atoms with Crippen molar-refractivity contribution in [1.82, 2.24) is 4.98 Å². The summed E-state index contributed by atoms with van der Waals surface area (Å²) in [6.07, 6.45) is 0.757. The van der Waals surface area contributed by atoms with Crippen molar-refractivity contribution in [2.24, 2.45) is 0 Å². The molecule has 2 aromatic carbocycles. The van der Waals surface area contributed by atoms with Crippen molar-refractivity contribution in [3.63, 3.8) is 0 Å². The van der Waals surface area contributed by atoms with Gasteiger partial charge in [-0.05, 0) is 48.4 Å². The van der Waals surface area contributed by atoms with E-state index in [1.54, 1.807) is 36.4 Å². The summed E-state index contributed by atoms with van der Waals surface area (Å²) in [5, 5.41) is 6.43. The third-order valence-corrected chi connectivity index (χ3v) is 4.03. The summed E-state index contributed by atoms with van der Waals surface area (Å²) in [6, 6.07) is 13.7. The van der Waals surface area contributed by atoms with Crippen molar-refractivity contribution in [3.05, 3.63) is 70.0 Å². The number of hydrogen-bond donors (Lipinski definition) is 3. The zero-order valence-corrected chi connectivity index (χ0v) is 14.6. The van der Waals surface area contributed by atoms with E-state index in [4.69, 9.17) is 0 Å². The monoisotopic (exact) mass is 349 g/mol. The Hall–Kier alpha value is -3.41. The first-order chi connectivity index (χ1) is 12.5. The van der Waals surface area contributed by atoms with Crippen LogP contribution >= 0.6 is 0 Å². The summed E-state index contributed by atoms with van der Waals surface area (Å²) in [5.74, 6) is -0.438. The van der Waals surface area contributed by atoms with Gasteiger partial charge in [-0.15, -0.1) is 0 Å². The molecule has 6 heteroatoms. The van der Waals surface area contributed by atoms with Gasteiger partial charge in [0.15, 0.2) is 0 Å². The molecule has 0 radical (unpaired) electrons. The van der Waals surface area contributed by atoms with E-state index >= 15 is 0 Å². The molecule has 3 rings (SSSR count). The molecule has 3 N–H and O–H groups in total. The SMILES string of the molecule is CCc1cc(=O)[nH]c2cc(NC(=O)c3ccc(NC(C)=O)cc3)ccc12. The molecule has 6 nitrogen and oxygen atoms in total. The zero-order valence-electron chi connectivity index (χ0n) is 14.6. The summed E-state index contributed by atoms with van der Waals surface area (Å²) in [7, 11) is 0. The maximum absolute atomic E-state index is 12.4. The fourth-order valence-electron chi connectivity index (χ4n) is 2.81. The highest BCUT2D eigenvalue weighted by molar-refractivity contribution is 6.05. The molecule has 0 aliphatic heterocycles. The van der Waals surface area contributed by atoms with E-state index in [0.29, 0.717) is 22.5 Å². The summed E-state index contributed by atoms with van der Waals surface area (Å²) < 4.78 is 0. The molecule has 0 saturated heterocycles. The van der Waals surface area contributed by atoms with Gasteiger partial charge in [0.05, 0.1) is 5.52 Å². The molecule has 132 valence electrons. The number of H-pyrrole nitrogens is 1. The van der Waals surface area contributed by atoms with E-state index in [0.717, 1.165) is 17.4 Å². The lowest BCUT2D eigenvalue weighted by atomic mass is 10.1. The molecule has 0 atom stereocenters. The Balaban J connectivity index is 1.83. The van der Waals surface area contributed by atoms with Crippen LogP contribution in [0.4, 0.5) is 11.4 Å². The lowest BCUT2D eigenvalue weighted by molar-refractivity contribution is -0.114. The van der Waals surface area contributed by atoms with Gasteiger partial charge in [0.2, 0.25) is 11.5 Å². The number of hydrogen-bond acceptors (Lipinski definition) is 3. The van der Waals surface area contributed by atoms with Crippen LogP contribution in [0.2, 0.25) is 0 Å². The van der Waals surface area contributed by atoms with Gasteiger partial charge in [0, 0.05) is 35.3 Å². The van der Waals surface area contributed by atoms with Crippen LogP contribution in [0, 0.1) is 0 Å². The minimum Gasteiger partial charge on any atom is -0.326 e. The van der Waals surface area contributed by atoms with E-state index < -0.39 is 0 Å². The number of fused-ring (bicyclic) bond motifs is 1. The van der Waals surface area contributed by atoms with E-state index in [1.165, 1.54) is 6.92 Å². The molecule has 3 aromatic rings. The standard InChI is InChI=1S/C20H19N3O3/c1-3-13-10-19(25)23-18-11-16(8-9-17(13)18)22-20(26)14-4-6-15(7-5-14)21-12(2)24/h4-11H,3H2,1-2H3,(H,21,24)(H,22,26)(H,23,25). The third kappa shape index (κ3) is 3.80. The maximum Gasteiger partial charge on any atom is 0.255 e. The first-order valence-corrected chi connectivity index (χ1v) is 8.31. The van der Waals surface area contributed by atoms with Crippen molar-refractivity contribution in [3.8, 4) is 0 Å². The van der Waals surface area contributed by atoms with Crippen molar-refractivity contribution in [2.45, 2.75) is 20.3 Å². The Morgan fingerprint density at radius 2 is 1.65 bits per heavy atom. The number of amides is 2. The average Bonchev–Trinajstić information content (AvgIpc) is 2.60. The fourth-order valence-corrected chi connectivity index (χ4v) is 2.81. The molecule has 0 unspecified atom stereocenters. The number of aryl methyl sites for hydroxylation is 1. The number of aromatic nitrogens is 1. The second-order valence-electron chi connectivity index (χ2n) is 5.99. The van der Waals surface area contributed by atoms with Crippen LogP contribution in [0.15, 0.2) is 53.3 Å². The highest BCUT2D eigenvalue weighted by Crippen LogP contribution is 2.21. The number of carbonyl (C=O) groups is 2. The van der Waals surface area contributed by atoms with Gasteiger partial charge in [0.1, 0.15) is 0 Å². The Bertz CT molecular complexity index is 1040.